The van der Waals surface area contributed by atoms with E-state index in [9.17, 15) is 9.59 Å². The second kappa shape index (κ2) is 6.74. The van der Waals surface area contributed by atoms with Gasteiger partial charge in [-0.3, -0.25) is 4.79 Å². The van der Waals surface area contributed by atoms with Crippen LogP contribution >= 0.6 is 0 Å². The van der Waals surface area contributed by atoms with Gasteiger partial charge in [0.15, 0.2) is 11.2 Å². The molecule has 0 bridgehead atoms. The number of ether oxygens (including phenoxy) is 1. The number of hydrogen-bond acceptors (Lipinski definition) is 3. The molecule has 0 N–H and O–H groups in total. The van der Waals surface area contributed by atoms with Crippen molar-refractivity contribution in [1.82, 2.24) is 0 Å². The maximum atomic E-state index is 12.3. The number of Topliss-reactive ketones (excluding diaryl/α,β-unsaturated/α-hetero) is 1. The molecular weight excluding hydrogens is 252 g/mol. The van der Waals surface area contributed by atoms with E-state index in [2.05, 4.69) is 17.9 Å². The lowest BCUT2D eigenvalue weighted by molar-refractivity contribution is -0.157. The summed E-state index contributed by atoms with van der Waals surface area (Å²) in [5, 5.41) is 0. The van der Waals surface area contributed by atoms with Crippen LogP contribution in [0, 0.1) is 17.3 Å². The highest BCUT2D eigenvalue weighted by Gasteiger charge is 2.46. The lowest BCUT2D eigenvalue weighted by Crippen LogP contribution is -2.41. The van der Waals surface area contributed by atoms with Crippen molar-refractivity contribution in [3.05, 3.63) is 11.6 Å². The van der Waals surface area contributed by atoms with Gasteiger partial charge in [-0.15, -0.1) is 0 Å². The number of carbonyl (C=O) groups is 2. The Kier molecular flexibility index (Phi) is 5.00. The van der Waals surface area contributed by atoms with Crippen molar-refractivity contribution in [2.45, 2.75) is 58.3 Å². The molecule has 1 saturated carbocycles. The van der Waals surface area contributed by atoms with Crippen LogP contribution in [0.2, 0.25) is 0 Å². The van der Waals surface area contributed by atoms with Crippen LogP contribution in [-0.4, -0.2) is 18.4 Å². The minimum absolute atomic E-state index is 0.0638. The van der Waals surface area contributed by atoms with Crippen molar-refractivity contribution in [3.63, 3.8) is 0 Å². The first-order valence-electron chi connectivity index (χ1n) is 7.62. The summed E-state index contributed by atoms with van der Waals surface area (Å²) in [6, 6.07) is 0. The van der Waals surface area contributed by atoms with Gasteiger partial charge in [-0.25, -0.2) is 4.79 Å². The Morgan fingerprint density at radius 2 is 2.10 bits per heavy atom. The third-order valence-electron chi connectivity index (χ3n) is 4.03. The van der Waals surface area contributed by atoms with Crippen LogP contribution in [0.5, 0.6) is 0 Å². The molecule has 0 aromatic rings. The van der Waals surface area contributed by atoms with Crippen molar-refractivity contribution < 1.29 is 14.3 Å². The maximum absolute atomic E-state index is 12.3. The summed E-state index contributed by atoms with van der Waals surface area (Å²) in [6.07, 6.45) is 9.13. The molecule has 3 heteroatoms. The quantitative estimate of drug-likeness (QED) is 0.441. The van der Waals surface area contributed by atoms with Crippen LogP contribution in [-0.2, 0) is 14.3 Å². The Balaban J connectivity index is 2.27. The zero-order valence-corrected chi connectivity index (χ0v) is 12.2. The normalized spacial score (nSPS) is 26.2. The van der Waals surface area contributed by atoms with Gasteiger partial charge in [-0.1, -0.05) is 24.3 Å². The monoisotopic (exact) mass is 274 g/mol. The summed E-state index contributed by atoms with van der Waals surface area (Å²) in [5.41, 5.74) is -0.134. The summed E-state index contributed by atoms with van der Waals surface area (Å²) >= 11 is 0. The molecule has 0 heterocycles. The van der Waals surface area contributed by atoms with Crippen LogP contribution < -0.4 is 0 Å². The van der Waals surface area contributed by atoms with Crippen molar-refractivity contribution in [3.8, 4) is 11.8 Å². The summed E-state index contributed by atoms with van der Waals surface area (Å²) in [7, 11) is 0. The molecule has 0 amide bonds. The zero-order valence-electron chi connectivity index (χ0n) is 12.2. The molecule has 1 atom stereocenters. The molecule has 1 unspecified atom stereocenters. The van der Waals surface area contributed by atoms with Crippen LogP contribution in [0.3, 0.4) is 0 Å². The Morgan fingerprint density at radius 3 is 2.75 bits per heavy atom. The van der Waals surface area contributed by atoms with Crippen molar-refractivity contribution in [2.75, 3.05) is 6.61 Å². The van der Waals surface area contributed by atoms with Crippen molar-refractivity contribution >= 4 is 11.8 Å². The first kappa shape index (κ1) is 14.8. The molecule has 0 aliphatic heterocycles. The molecule has 0 spiro atoms. The molecule has 0 saturated heterocycles. The highest BCUT2D eigenvalue weighted by atomic mass is 16.5. The minimum Gasteiger partial charge on any atom is -0.465 e. The summed E-state index contributed by atoms with van der Waals surface area (Å²) in [5.74, 6) is 5.57. The lowest BCUT2D eigenvalue weighted by atomic mass is 9.73. The van der Waals surface area contributed by atoms with Crippen LogP contribution in [0.15, 0.2) is 11.6 Å². The van der Waals surface area contributed by atoms with Crippen LogP contribution in [0.25, 0.3) is 0 Å². The molecule has 20 heavy (non-hydrogen) atoms. The van der Waals surface area contributed by atoms with Gasteiger partial charge in [0.2, 0.25) is 0 Å². The molecule has 2 rings (SSSR count). The van der Waals surface area contributed by atoms with E-state index >= 15 is 0 Å². The average Bonchev–Trinajstić information content (AvgIpc) is 2.48. The Morgan fingerprint density at radius 1 is 1.30 bits per heavy atom. The smallest absolute Gasteiger partial charge is 0.331 e. The first-order valence-corrected chi connectivity index (χ1v) is 7.62. The molecule has 0 aromatic carbocycles. The van der Waals surface area contributed by atoms with Gasteiger partial charge in [0.05, 0.1) is 6.61 Å². The van der Waals surface area contributed by atoms with E-state index in [0.29, 0.717) is 12.8 Å². The van der Waals surface area contributed by atoms with Crippen LogP contribution in [0.4, 0.5) is 0 Å². The Bertz CT molecular complexity index is 478. The third kappa shape index (κ3) is 3.12. The Labute approximate surface area is 120 Å². The number of esters is 1. The van der Waals surface area contributed by atoms with Gasteiger partial charge in [0.1, 0.15) is 0 Å². The van der Waals surface area contributed by atoms with E-state index in [1.807, 2.05) is 0 Å². The first-order chi connectivity index (χ1) is 9.69. The topological polar surface area (TPSA) is 43.4 Å². The highest BCUT2D eigenvalue weighted by molar-refractivity contribution is 6.07. The second-order valence-electron chi connectivity index (χ2n) is 5.48. The molecule has 3 nitrogen and oxygen atoms in total. The zero-order chi connectivity index (χ0) is 14.4. The van der Waals surface area contributed by atoms with E-state index in [4.69, 9.17) is 4.74 Å². The van der Waals surface area contributed by atoms with Gasteiger partial charge >= 0.3 is 5.97 Å². The number of hydrogen-bond donors (Lipinski definition) is 0. The predicted molar refractivity (Wildman–Crippen MR) is 76.9 cm³/mol. The minimum atomic E-state index is -1.20. The van der Waals surface area contributed by atoms with Gasteiger partial charge in [0, 0.05) is 6.42 Å². The maximum Gasteiger partial charge on any atom is 0.331 e. The summed E-state index contributed by atoms with van der Waals surface area (Å²) < 4.78 is 5.11. The van der Waals surface area contributed by atoms with E-state index in [1.54, 1.807) is 6.92 Å². The number of allylic oxidation sites excluding steroid dienone is 2. The van der Waals surface area contributed by atoms with Crippen molar-refractivity contribution in [1.29, 1.82) is 0 Å². The van der Waals surface area contributed by atoms with E-state index < -0.39 is 11.4 Å². The van der Waals surface area contributed by atoms with Crippen molar-refractivity contribution in [2.24, 2.45) is 5.41 Å². The lowest BCUT2D eigenvalue weighted by Gasteiger charge is -2.28. The number of ketones is 1. The van der Waals surface area contributed by atoms with Gasteiger partial charge in [-0.05, 0) is 51.0 Å². The van der Waals surface area contributed by atoms with Gasteiger partial charge in [-0.2, -0.15) is 0 Å². The molecular formula is C17H22O3. The molecule has 108 valence electrons. The third-order valence-corrected chi connectivity index (χ3v) is 4.03. The molecule has 2 aliphatic rings. The van der Waals surface area contributed by atoms with E-state index in [0.717, 1.165) is 37.7 Å². The van der Waals surface area contributed by atoms with Crippen LogP contribution in [0.1, 0.15) is 58.3 Å². The highest BCUT2D eigenvalue weighted by Crippen LogP contribution is 2.34. The average molecular weight is 274 g/mol. The fourth-order valence-corrected chi connectivity index (χ4v) is 2.82. The molecule has 1 fully saturated rings. The fourth-order valence-electron chi connectivity index (χ4n) is 2.82. The van der Waals surface area contributed by atoms with Gasteiger partial charge in [0.25, 0.3) is 0 Å². The SMILES string of the molecule is CCOC(=O)C1(C#CC2=CCCCC2)CCCCC1=O. The summed E-state index contributed by atoms with van der Waals surface area (Å²) in [6.45, 7) is 2.05. The number of carbonyl (C=O) groups excluding carboxylic acids is 2. The van der Waals surface area contributed by atoms with E-state index in [1.165, 1.54) is 6.42 Å². The second-order valence-corrected chi connectivity index (χ2v) is 5.48. The summed E-state index contributed by atoms with van der Waals surface area (Å²) in [4.78, 5) is 24.5. The Hall–Kier alpha value is -1.56. The van der Waals surface area contributed by atoms with Gasteiger partial charge < -0.3 is 4.74 Å². The number of rotatable bonds is 2. The standard InChI is InChI=1S/C17H22O3/c1-2-20-16(19)17(12-7-6-10-15(17)18)13-11-14-8-4-3-5-9-14/h8H,2-7,9-10,12H2,1H3. The predicted octanol–water partition coefficient (Wildman–Crippen LogP) is 3.18. The molecule has 2 aliphatic carbocycles. The fraction of sp³-hybridized carbons (Fsp3) is 0.647. The molecule has 0 aromatic heterocycles. The van der Waals surface area contributed by atoms with E-state index in [-0.39, 0.29) is 12.4 Å². The largest absolute Gasteiger partial charge is 0.465 e. The molecule has 0 radical (unpaired) electrons.